The fourth-order valence-electron chi connectivity index (χ4n) is 4.23. The second kappa shape index (κ2) is 10.0. The summed E-state index contributed by atoms with van der Waals surface area (Å²) >= 11 is 1.35. The van der Waals surface area contributed by atoms with Crippen LogP contribution in [0.25, 0.3) is 0 Å². The van der Waals surface area contributed by atoms with Crippen molar-refractivity contribution in [2.45, 2.75) is 74.6 Å². The second-order valence-corrected chi connectivity index (χ2v) is 10.6. The van der Waals surface area contributed by atoms with E-state index < -0.39 is 51.9 Å². The number of ether oxygens (including phenoxy) is 1. The molecule has 3 rings (SSSR count). The van der Waals surface area contributed by atoms with Crippen LogP contribution in [0.4, 0.5) is 0 Å². The molecule has 33 heavy (non-hydrogen) atoms. The number of aliphatic carboxylic acids is 2. The van der Waals surface area contributed by atoms with Gasteiger partial charge in [0.2, 0.25) is 11.8 Å². The number of unbranched alkanes of at least 4 members (excludes halogenated alkanes) is 1. The first kappa shape index (κ1) is 24.9. The Morgan fingerprint density at radius 3 is 2.45 bits per heavy atom. The number of nitrogens with one attached hydrogen (secondary N) is 1. The number of carbonyl (C=O) groups excluding carboxylic acids is 2. The molecule has 0 bridgehead atoms. The maximum absolute atomic E-state index is 12.5. The van der Waals surface area contributed by atoms with Crippen LogP contribution in [-0.4, -0.2) is 67.7 Å². The zero-order chi connectivity index (χ0) is 24.3. The van der Waals surface area contributed by atoms with Gasteiger partial charge in [0, 0.05) is 11.2 Å². The van der Waals surface area contributed by atoms with Gasteiger partial charge < -0.3 is 25.2 Å². The van der Waals surface area contributed by atoms with Gasteiger partial charge in [0.15, 0.2) is 0 Å². The number of amides is 2. The Hall–Kier alpha value is -2.75. The van der Waals surface area contributed by atoms with Gasteiger partial charge in [-0.3, -0.25) is 14.4 Å². The Kier molecular flexibility index (Phi) is 7.56. The van der Waals surface area contributed by atoms with Crippen molar-refractivity contribution in [3.8, 4) is 5.75 Å². The number of β-lactam (4-membered cyclic amide) rings is 1. The summed E-state index contributed by atoms with van der Waals surface area (Å²) in [7, 11) is 0. The fourth-order valence-corrected chi connectivity index (χ4v) is 5.86. The van der Waals surface area contributed by atoms with Crippen molar-refractivity contribution < 1.29 is 34.1 Å². The largest absolute Gasteiger partial charge is 0.494 e. The lowest BCUT2D eigenvalue weighted by Crippen LogP contribution is -2.70. The maximum Gasteiger partial charge on any atom is 0.327 e. The first-order valence-electron chi connectivity index (χ1n) is 11.0. The van der Waals surface area contributed by atoms with Crippen LogP contribution in [0.1, 0.15) is 57.9 Å². The highest BCUT2D eigenvalue weighted by Crippen LogP contribution is 2.50. The van der Waals surface area contributed by atoms with Crippen molar-refractivity contribution in [1.29, 1.82) is 0 Å². The third-order valence-corrected chi connectivity index (χ3v) is 7.57. The Labute approximate surface area is 196 Å². The van der Waals surface area contributed by atoms with Crippen molar-refractivity contribution in [3.63, 3.8) is 0 Å². The molecule has 9 nitrogen and oxygen atoms in total. The number of hydrogen-bond donors (Lipinski definition) is 3. The molecule has 2 fully saturated rings. The molecule has 0 aliphatic carbocycles. The van der Waals surface area contributed by atoms with Crippen molar-refractivity contribution in [2.75, 3.05) is 6.61 Å². The lowest BCUT2D eigenvalue weighted by molar-refractivity contribution is -0.161. The van der Waals surface area contributed by atoms with Gasteiger partial charge in [0.1, 0.15) is 23.2 Å². The average molecular weight is 479 g/mol. The highest BCUT2D eigenvalue weighted by Gasteiger charge is 2.64. The van der Waals surface area contributed by atoms with Crippen LogP contribution in [0.5, 0.6) is 5.75 Å². The summed E-state index contributed by atoms with van der Waals surface area (Å²) in [6.07, 6.45) is 1.95. The van der Waals surface area contributed by atoms with Crippen LogP contribution in [-0.2, 0) is 19.2 Å². The van der Waals surface area contributed by atoms with Crippen LogP contribution in [0.2, 0.25) is 0 Å². The summed E-state index contributed by atoms with van der Waals surface area (Å²) in [6, 6.07) is 5.08. The molecule has 0 aromatic heterocycles. The number of fused-ring (bicyclic) bond motifs is 1. The summed E-state index contributed by atoms with van der Waals surface area (Å²) in [5, 5.41) is 21.3. The molecule has 0 spiro atoms. The SMILES string of the molecule is CCCCOc1ccc([C@@H](CCC(=O)N[C@@H]2C(=O)N3[C@@H]2SC(C)(C)[C@H]3C(=O)O)C(=O)O)cc1. The molecule has 2 aliphatic heterocycles. The quantitative estimate of drug-likeness (QED) is 0.326. The summed E-state index contributed by atoms with van der Waals surface area (Å²) < 4.78 is 4.92. The van der Waals surface area contributed by atoms with E-state index in [1.54, 1.807) is 38.1 Å². The first-order chi connectivity index (χ1) is 15.6. The van der Waals surface area contributed by atoms with E-state index in [1.165, 1.54) is 16.7 Å². The van der Waals surface area contributed by atoms with E-state index in [0.29, 0.717) is 17.9 Å². The summed E-state index contributed by atoms with van der Waals surface area (Å²) in [4.78, 5) is 49.7. The minimum atomic E-state index is -1.07. The zero-order valence-corrected chi connectivity index (χ0v) is 19.8. The van der Waals surface area contributed by atoms with Crippen LogP contribution < -0.4 is 10.1 Å². The summed E-state index contributed by atoms with van der Waals surface area (Å²) in [5.74, 6) is -3.17. The average Bonchev–Trinajstić information content (AvgIpc) is 3.01. The van der Waals surface area contributed by atoms with E-state index in [0.717, 1.165) is 12.8 Å². The molecular formula is C23H30N2O7S. The minimum Gasteiger partial charge on any atom is -0.494 e. The number of rotatable bonds is 11. The second-order valence-electron chi connectivity index (χ2n) is 8.84. The molecule has 0 saturated carbocycles. The standard InChI is InChI=1S/C23H30N2O7S/c1-4-5-12-32-14-8-6-13(7-9-14)15(21(28)29)10-11-16(26)24-17-19(27)25-18(22(30)31)23(2,3)33-20(17)25/h6-9,15,17-18,20H,4-5,10-12H2,1-3H3,(H,24,26)(H,28,29)(H,30,31)/t15-,17-,18-,20-/m1/s1. The molecule has 4 atom stereocenters. The van der Waals surface area contributed by atoms with Gasteiger partial charge >= 0.3 is 11.9 Å². The van der Waals surface area contributed by atoms with Crippen LogP contribution in [0.3, 0.4) is 0 Å². The lowest BCUT2D eigenvalue weighted by atomic mass is 9.93. The number of carboxylic acids is 2. The van der Waals surface area contributed by atoms with E-state index in [9.17, 15) is 29.4 Å². The maximum atomic E-state index is 12.5. The molecule has 180 valence electrons. The van der Waals surface area contributed by atoms with Crippen molar-refractivity contribution in [1.82, 2.24) is 10.2 Å². The van der Waals surface area contributed by atoms with Gasteiger partial charge in [-0.2, -0.15) is 0 Å². The van der Waals surface area contributed by atoms with Crippen molar-refractivity contribution in [2.24, 2.45) is 0 Å². The Morgan fingerprint density at radius 1 is 1.21 bits per heavy atom. The predicted molar refractivity (Wildman–Crippen MR) is 122 cm³/mol. The number of carboxylic acid groups (broad SMARTS) is 2. The Bertz CT molecular complexity index is 918. The first-order valence-corrected chi connectivity index (χ1v) is 11.9. The van der Waals surface area contributed by atoms with E-state index >= 15 is 0 Å². The molecular weight excluding hydrogens is 448 g/mol. The van der Waals surface area contributed by atoms with Gasteiger partial charge in [-0.05, 0) is 44.4 Å². The molecule has 3 N–H and O–H groups in total. The molecule has 2 amide bonds. The van der Waals surface area contributed by atoms with E-state index in [-0.39, 0.29) is 12.8 Å². The number of thioether (sulfide) groups is 1. The van der Waals surface area contributed by atoms with Gasteiger partial charge in [-0.1, -0.05) is 25.5 Å². The highest BCUT2D eigenvalue weighted by molar-refractivity contribution is 8.01. The number of nitrogens with zero attached hydrogens (tertiary/aromatic N) is 1. The van der Waals surface area contributed by atoms with Crippen LogP contribution in [0.15, 0.2) is 24.3 Å². The van der Waals surface area contributed by atoms with E-state index in [4.69, 9.17) is 4.74 Å². The van der Waals surface area contributed by atoms with Gasteiger partial charge in [0.25, 0.3) is 0 Å². The van der Waals surface area contributed by atoms with E-state index in [2.05, 4.69) is 12.2 Å². The Balaban J connectivity index is 1.55. The molecule has 10 heteroatoms. The van der Waals surface area contributed by atoms with Gasteiger partial charge in [-0.15, -0.1) is 11.8 Å². The number of benzene rings is 1. The molecule has 1 aromatic carbocycles. The molecule has 2 saturated heterocycles. The Morgan fingerprint density at radius 2 is 1.88 bits per heavy atom. The summed E-state index contributed by atoms with van der Waals surface area (Å²) in [6.45, 7) is 6.19. The van der Waals surface area contributed by atoms with E-state index in [1.807, 2.05) is 0 Å². The lowest BCUT2D eigenvalue weighted by Gasteiger charge is -2.43. The molecule has 0 radical (unpaired) electrons. The third-order valence-electron chi connectivity index (χ3n) is 6.00. The number of carbonyl (C=O) groups is 4. The van der Waals surface area contributed by atoms with Crippen LogP contribution in [0, 0.1) is 0 Å². The summed E-state index contributed by atoms with van der Waals surface area (Å²) in [5.41, 5.74) is 0.571. The highest BCUT2D eigenvalue weighted by atomic mass is 32.2. The molecule has 1 aromatic rings. The predicted octanol–water partition coefficient (Wildman–Crippen LogP) is 2.45. The van der Waals surface area contributed by atoms with Gasteiger partial charge in [0.05, 0.1) is 12.5 Å². The minimum absolute atomic E-state index is 0.0708. The zero-order valence-electron chi connectivity index (χ0n) is 18.9. The normalized spacial score (nSPS) is 23.9. The molecule has 2 heterocycles. The van der Waals surface area contributed by atoms with Crippen LogP contribution >= 0.6 is 11.8 Å². The smallest absolute Gasteiger partial charge is 0.327 e. The van der Waals surface area contributed by atoms with Crippen molar-refractivity contribution in [3.05, 3.63) is 29.8 Å². The molecule has 2 aliphatic rings. The topological polar surface area (TPSA) is 133 Å². The fraction of sp³-hybridized carbons (Fsp3) is 0.565. The number of hydrogen-bond acceptors (Lipinski definition) is 6. The third kappa shape index (κ3) is 5.26. The monoisotopic (exact) mass is 478 g/mol. The molecule has 0 unspecified atom stereocenters. The van der Waals surface area contributed by atoms with Crippen molar-refractivity contribution >= 4 is 35.5 Å². The van der Waals surface area contributed by atoms with Gasteiger partial charge in [-0.25, -0.2) is 4.79 Å².